The van der Waals surface area contributed by atoms with Crippen LogP contribution in [-0.4, -0.2) is 37.6 Å². The van der Waals surface area contributed by atoms with Crippen molar-refractivity contribution in [3.8, 4) is 17.2 Å². The summed E-state index contributed by atoms with van der Waals surface area (Å²) in [7, 11) is 3.03. The molecule has 38 heavy (non-hydrogen) atoms. The van der Waals surface area contributed by atoms with E-state index in [9.17, 15) is 14.7 Å². The number of furan rings is 1. The lowest BCUT2D eigenvalue weighted by Gasteiger charge is -2.27. The minimum atomic E-state index is -0.948. The molecule has 0 radical (unpaired) electrons. The molecule has 0 aliphatic carbocycles. The Morgan fingerprint density at radius 2 is 1.74 bits per heavy atom. The zero-order chi connectivity index (χ0) is 27.0. The Balaban J connectivity index is 1.68. The Morgan fingerprint density at radius 3 is 2.45 bits per heavy atom. The first-order valence-corrected chi connectivity index (χ1v) is 12.1. The van der Waals surface area contributed by atoms with Crippen molar-refractivity contribution in [3.63, 3.8) is 0 Å². The average molecular weight is 514 g/mol. The van der Waals surface area contributed by atoms with E-state index in [2.05, 4.69) is 0 Å². The fraction of sp³-hybridized carbons (Fsp3) is 0.200. The summed E-state index contributed by atoms with van der Waals surface area (Å²) in [6.07, 6.45) is 0. The van der Waals surface area contributed by atoms with Gasteiger partial charge in [-0.05, 0) is 61.4 Å². The lowest BCUT2D eigenvalue weighted by Crippen LogP contribution is -2.31. The van der Waals surface area contributed by atoms with Gasteiger partial charge in [-0.1, -0.05) is 30.3 Å². The maximum Gasteiger partial charge on any atom is 0.294 e. The van der Waals surface area contributed by atoms with Gasteiger partial charge < -0.3 is 23.7 Å². The van der Waals surface area contributed by atoms with Crippen LogP contribution in [0.5, 0.6) is 17.2 Å². The Labute approximate surface area is 219 Å². The molecular formula is C30H27NO7. The van der Waals surface area contributed by atoms with Gasteiger partial charge in [0.1, 0.15) is 0 Å². The first kappa shape index (κ1) is 25.0. The monoisotopic (exact) mass is 513 g/mol. The second kappa shape index (κ2) is 9.97. The molecule has 5 rings (SSSR count). The summed E-state index contributed by atoms with van der Waals surface area (Å²) >= 11 is 0. The van der Waals surface area contributed by atoms with E-state index in [1.165, 1.54) is 19.1 Å². The van der Waals surface area contributed by atoms with Gasteiger partial charge in [0.05, 0.1) is 32.4 Å². The molecule has 8 nitrogen and oxygen atoms in total. The van der Waals surface area contributed by atoms with Gasteiger partial charge in [0, 0.05) is 11.1 Å². The van der Waals surface area contributed by atoms with Crippen LogP contribution in [0.15, 0.2) is 82.5 Å². The fourth-order valence-electron chi connectivity index (χ4n) is 4.77. The zero-order valence-corrected chi connectivity index (χ0v) is 21.5. The van der Waals surface area contributed by atoms with Crippen LogP contribution in [-0.2, 0) is 4.79 Å². The van der Waals surface area contributed by atoms with E-state index in [0.29, 0.717) is 46.1 Å². The fourth-order valence-corrected chi connectivity index (χ4v) is 4.77. The highest BCUT2D eigenvalue weighted by Gasteiger charge is 2.45. The van der Waals surface area contributed by atoms with Crippen molar-refractivity contribution in [2.45, 2.75) is 19.9 Å². The predicted octanol–water partition coefficient (Wildman–Crippen LogP) is 5.94. The van der Waals surface area contributed by atoms with E-state index in [0.717, 1.165) is 5.56 Å². The summed E-state index contributed by atoms with van der Waals surface area (Å²) in [6, 6.07) is 18.4. The summed E-state index contributed by atoms with van der Waals surface area (Å²) in [4.78, 5) is 28.8. The van der Waals surface area contributed by atoms with Crippen LogP contribution in [0.3, 0.4) is 0 Å². The summed E-state index contributed by atoms with van der Waals surface area (Å²) in [6.45, 7) is 4.20. The smallest absolute Gasteiger partial charge is 0.294 e. The van der Waals surface area contributed by atoms with Crippen molar-refractivity contribution in [1.82, 2.24) is 0 Å². The number of Topliss-reactive ketones (excluding diaryl/α,β-unsaturated/α-hetero) is 1. The van der Waals surface area contributed by atoms with Crippen LogP contribution in [0.4, 0.5) is 5.69 Å². The third kappa shape index (κ3) is 4.14. The van der Waals surface area contributed by atoms with E-state index in [4.69, 9.17) is 18.6 Å². The number of hydrogen-bond donors (Lipinski definition) is 1. The first-order chi connectivity index (χ1) is 18.4. The van der Waals surface area contributed by atoms with Gasteiger partial charge in [0.2, 0.25) is 5.78 Å². The van der Waals surface area contributed by atoms with Crippen molar-refractivity contribution in [3.05, 3.63) is 94.9 Å². The van der Waals surface area contributed by atoms with Crippen molar-refractivity contribution in [2.75, 3.05) is 25.7 Å². The molecule has 4 aromatic rings. The predicted molar refractivity (Wildman–Crippen MR) is 142 cm³/mol. The van der Waals surface area contributed by atoms with Crippen LogP contribution < -0.4 is 19.1 Å². The molecule has 1 atom stereocenters. The minimum Gasteiger partial charge on any atom is -0.503 e. The number of nitrogens with zero attached hydrogens (tertiary/aromatic N) is 1. The normalized spacial score (nSPS) is 15.3. The molecule has 0 bridgehead atoms. The number of benzene rings is 3. The number of hydrogen-bond acceptors (Lipinski definition) is 7. The van der Waals surface area contributed by atoms with Crippen LogP contribution >= 0.6 is 0 Å². The van der Waals surface area contributed by atoms with Crippen LogP contribution in [0.1, 0.15) is 34.6 Å². The van der Waals surface area contributed by atoms with Crippen LogP contribution in [0, 0.1) is 6.92 Å². The number of carbonyl (C=O) groups is 2. The van der Waals surface area contributed by atoms with Gasteiger partial charge in [0.15, 0.2) is 34.4 Å². The summed E-state index contributed by atoms with van der Waals surface area (Å²) in [5.41, 5.74) is 2.31. The molecular weight excluding hydrogens is 486 g/mol. The number of ketones is 1. The molecule has 1 aliphatic heterocycles. The van der Waals surface area contributed by atoms with E-state index < -0.39 is 23.5 Å². The minimum absolute atomic E-state index is 0.0205. The third-order valence-corrected chi connectivity index (χ3v) is 6.49. The molecule has 8 heteroatoms. The van der Waals surface area contributed by atoms with Crippen molar-refractivity contribution >= 4 is 28.3 Å². The number of amides is 1. The Morgan fingerprint density at radius 1 is 0.974 bits per heavy atom. The van der Waals surface area contributed by atoms with Crippen LogP contribution in [0.2, 0.25) is 0 Å². The molecule has 1 unspecified atom stereocenters. The highest BCUT2D eigenvalue weighted by Crippen LogP contribution is 2.44. The number of aryl methyl sites for hydroxylation is 1. The maximum atomic E-state index is 13.9. The van der Waals surface area contributed by atoms with E-state index >= 15 is 0 Å². The summed E-state index contributed by atoms with van der Waals surface area (Å²) < 4.78 is 22.4. The molecule has 1 amide bonds. The highest BCUT2D eigenvalue weighted by molar-refractivity contribution is 6.20. The number of anilines is 1. The number of fused-ring (bicyclic) bond motifs is 1. The van der Waals surface area contributed by atoms with Gasteiger partial charge in [0.25, 0.3) is 5.91 Å². The highest BCUT2D eigenvalue weighted by atomic mass is 16.5. The number of para-hydroxylation sites is 1. The van der Waals surface area contributed by atoms with Gasteiger partial charge in [-0.25, -0.2) is 0 Å². The number of carbonyl (C=O) groups excluding carboxylic acids is 2. The molecule has 1 aromatic heterocycles. The molecule has 0 saturated carbocycles. The third-order valence-electron chi connectivity index (χ3n) is 6.49. The van der Waals surface area contributed by atoms with Crippen molar-refractivity contribution < 1.29 is 33.3 Å². The number of aliphatic hydroxyl groups is 1. The summed E-state index contributed by atoms with van der Waals surface area (Å²) in [5, 5.41) is 11.8. The first-order valence-electron chi connectivity index (χ1n) is 12.1. The Hall–Kier alpha value is -4.72. The Kier molecular flexibility index (Phi) is 6.55. The standard InChI is InChI=1S/C30H27NO7/c1-5-37-21-13-12-18(15-23(21)36-4)26-25(28(33)30(34)31(26)20-10-6-8-17(2)14-20)27(32)24-16-19-9-7-11-22(35-3)29(19)38-24/h6-16,26,33H,5H2,1-4H3. The SMILES string of the molecule is CCOc1ccc(C2C(C(=O)c3cc4cccc(OC)c4o3)=C(O)C(=O)N2c2cccc(C)c2)cc1OC. The summed E-state index contributed by atoms with van der Waals surface area (Å²) in [5.74, 6) is -0.526. The molecule has 1 N–H and O–H groups in total. The van der Waals surface area contributed by atoms with Gasteiger partial charge >= 0.3 is 0 Å². The van der Waals surface area contributed by atoms with E-state index in [-0.39, 0.29) is 11.3 Å². The van der Waals surface area contributed by atoms with Gasteiger partial charge in [-0.15, -0.1) is 0 Å². The topological polar surface area (TPSA) is 98.4 Å². The van der Waals surface area contributed by atoms with Gasteiger partial charge in [-0.2, -0.15) is 0 Å². The molecule has 0 fully saturated rings. The van der Waals surface area contributed by atoms with Gasteiger partial charge in [-0.3, -0.25) is 14.5 Å². The van der Waals surface area contributed by atoms with E-state index in [1.807, 2.05) is 32.0 Å². The zero-order valence-electron chi connectivity index (χ0n) is 21.5. The lowest BCUT2D eigenvalue weighted by molar-refractivity contribution is -0.117. The number of ether oxygens (including phenoxy) is 3. The second-order valence-electron chi connectivity index (χ2n) is 8.84. The molecule has 1 aliphatic rings. The Bertz CT molecular complexity index is 1580. The number of methoxy groups -OCH3 is 2. The lowest BCUT2D eigenvalue weighted by atomic mass is 9.94. The van der Waals surface area contributed by atoms with E-state index in [1.54, 1.807) is 48.5 Å². The molecule has 0 saturated heterocycles. The van der Waals surface area contributed by atoms with Crippen molar-refractivity contribution in [2.24, 2.45) is 0 Å². The maximum absolute atomic E-state index is 13.9. The number of aliphatic hydroxyl groups excluding tert-OH is 1. The molecule has 2 heterocycles. The van der Waals surface area contributed by atoms with Crippen molar-refractivity contribution in [1.29, 1.82) is 0 Å². The average Bonchev–Trinajstić information content (AvgIpc) is 3.48. The molecule has 3 aromatic carbocycles. The van der Waals surface area contributed by atoms with Crippen LogP contribution in [0.25, 0.3) is 11.0 Å². The number of rotatable bonds is 8. The molecule has 194 valence electrons. The molecule has 0 spiro atoms. The second-order valence-corrected chi connectivity index (χ2v) is 8.84. The largest absolute Gasteiger partial charge is 0.503 e. The quantitative estimate of drug-likeness (QED) is 0.291.